The van der Waals surface area contributed by atoms with E-state index in [4.69, 9.17) is 29.3 Å². The summed E-state index contributed by atoms with van der Waals surface area (Å²) in [5.74, 6) is -4.41. The number of hydrogen-bond donors (Lipinski definition) is 3. The minimum absolute atomic E-state index is 0.150. The summed E-state index contributed by atoms with van der Waals surface area (Å²) in [5, 5.41) is 24.2. The van der Waals surface area contributed by atoms with Crippen molar-refractivity contribution in [1.82, 2.24) is 9.80 Å². The van der Waals surface area contributed by atoms with Gasteiger partial charge in [0.2, 0.25) is 6.79 Å². The minimum Gasteiger partial charge on any atom is -0.481 e. The van der Waals surface area contributed by atoms with Crippen LogP contribution in [0.1, 0.15) is 18.4 Å². The lowest BCUT2D eigenvalue weighted by Crippen LogP contribution is -2.41. The zero-order chi connectivity index (χ0) is 30.3. The molecule has 16 heteroatoms. The van der Waals surface area contributed by atoms with Gasteiger partial charge in [0.05, 0.1) is 5.41 Å². The van der Waals surface area contributed by atoms with Crippen LogP contribution in [0.25, 0.3) is 0 Å². The molecule has 0 spiro atoms. The van der Waals surface area contributed by atoms with Crippen molar-refractivity contribution >= 4 is 17.9 Å². The SMILES string of the molecule is C=CCN1C[C@@H]2CN(Cc3ccc4c(c3)OCO4)CCC[C@]2(C(=O)O)C1.O=C(O)C(F)(F)F.O=C(O)C(F)(F)F. The Morgan fingerprint density at radius 1 is 0.975 bits per heavy atom. The molecular formula is C24H28F6N2O8. The molecule has 224 valence electrons. The van der Waals surface area contributed by atoms with Gasteiger partial charge in [0.1, 0.15) is 0 Å². The number of fused-ring (bicyclic) bond motifs is 2. The summed E-state index contributed by atoms with van der Waals surface area (Å²) in [7, 11) is 0. The third kappa shape index (κ3) is 8.74. The molecule has 1 aromatic rings. The van der Waals surface area contributed by atoms with Crippen molar-refractivity contribution in [2.24, 2.45) is 11.3 Å². The molecule has 2 fully saturated rings. The van der Waals surface area contributed by atoms with Gasteiger partial charge in [0.25, 0.3) is 0 Å². The lowest BCUT2D eigenvalue weighted by atomic mass is 9.75. The number of alkyl halides is 6. The molecule has 0 amide bonds. The Bertz CT molecular complexity index is 1060. The standard InChI is InChI=1S/C20H26N2O4.2C2HF3O2/c1-2-7-22-12-16-11-21(8-3-6-20(16,13-22)19(23)24)10-15-4-5-17-18(9-15)26-14-25-17;2*3-2(4,5)1(6)7/h2,4-5,9,16H,1,3,6-8,10-14H2,(H,23,24);2*(H,6,7)/t16-,20-;;/m0../s1. The highest BCUT2D eigenvalue weighted by Crippen LogP contribution is 2.43. The van der Waals surface area contributed by atoms with Crippen LogP contribution in [-0.4, -0.2) is 94.9 Å². The summed E-state index contributed by atoms with van der Waals surface area (Å²) in [5.41, 5.74) is 0.560. The Labute approximate surface area is 224 Å². The molecule has 2 atom stereocenters. The summed E-state index contributed by atoms with van der Waals surface area (Å²) >= 11 is 0. The first-order chi connectivity index (χ1) is 18.5. The van der Waals surface area contributed by atoms with Gasteiger partial charge in [-0.1, -0.05) is 12.1 Å². The fraction of sp³-hybridized carbons (Fsp3) is 0.542. The van der Waals surface area contributed by atoms with Crippen LogP contribution in [-0.2, 0) is 20.9 Å². The van der Waals surface area contributed by atoms with E-state index < -0.39 is 35.7 Å². The number of benzene rings is 1. The largest absolute Gasteiger partial charge is 0.490 e. The number of aliphatic carboxylic acids is 3. The number of ether oxygens (including phenoxy) is 2. The summed E-state index contributed by atoms with van der Waals surface area (Å²) in [6.45, 7) is 8.87. The van der Waals surface area contributed by atoms with E-state index >= 15 is 0 Å². The van der Waals surface area contributed by atoms with Crippen molar-refractivity contribution in [3.8, 4) is 11.5 Å². The number of carboxylic acid groups (broad SMARTS) is 3. The van der Waals surface area contributed by atoms with E-state index in [-0.39, 0.29) is 12.7 Å². The van der Waals surface area contributed by atoms with E-state index in [1.54, 1.807) is 0 Å². The summed E-state index contributed by atoms with van der Waals surface area (Å²) in [6, 6.07) is 6.07. The van der Waals surface area contributed by atoms with Gasteiger partial charge in [0.15, 0.2) is 11.5 Å². The third-order valence-electron chi connectivity index (χ3n) is 6.48. The maximum absolute atomic E-state index is 12.2. The highest BCUT2D eigenvalue weighted by molar-refractivity contribution is 5.76. The Kier molecular flexibility index (Phi) is 10.8. The topological polar surface area (TPSA) is 137 Å². The van der Waals surface area contributed by atoms with E-state index in [1.807, 2.05) is 18.2 Å². The molecule has 0 radical (unpaired) electrons. The van der Waals surface area contributed by atoms with Crippen LogP contribution in [0.4, 0.5) is 26.3 Å². The van der Waals surface area contributed by atoms with Gasteiger partial charge in [-0.05, 0) is 37.1 Å². The third-order valence-corrected chi connectivity index (χ3v) is 6.48. The molecule has 0 aromatic heterocycles. The normalized spacial score (nSPS) is 22.5. The fourth-order valence-corrected chi connectivity index (χ4v) is 4.73. The van der Waals surface area contributed by atoms with Crippen molar-refractivity contribution in [2.45, 2.75) is 31.7 Å². The first-order valence-electron chi connectivity index (χ1n) is 11.8. The molecule has 2 saturated heterocycles. The number of rotatable bonds is 5. The molecule has 0 aliphatic carbocycles. The number of hydrogen-bond acceptors (Lipinski definition) is 7. The van der Waals surface area contributed by atoms with Gasteiger partial charge in [-0.15, -0.1) is 6.58 Å². The quantitative estimate of drug-likeness (QED) is 0.348. The van der Waals surface area contributed by atoms with E-state index in [9.17, 15) is 36.2 Å². The van der Waals surface area contributed by atoms with Crippen LogP contribution in [0.5, 0.6) is 11.5 Å². The van der Waals surface area contributed by atoms with Gasteiger partial charge in [-0.25, -0.2) is 9.59 Å². The molecule has 3 heterocycles. The smallest absolute Gasteiger partial charge is 0.481 e. The number of carboxylic acids is 3. The first-order valence-corrected chi connectivity index (χ1v) is 11.8. The summed E-state index contributed by atoms with van der Waals surface area (Å²) in [4.78, 5) is 34.6. The maximum atomic E-state index is 12.2. The summed E-state index contributed by atoms with van der Waals surface area (Å²) < 4.78 is 74.3. The van der Waals surface area contributed by atoms with Crippen LogP contribution in [0.15, 0.2) is 30.9 Å². The zero-order valence-electron chi connectivity index (χ0n) is 21.0. The average molecular weight is 586 g/mol. The zero-order valence-corrected chi connectivity index (χ0v) is 21.0. The van der Waals surface area contributed by atoms with Crippen molar-refractivity contribution in [3.05, 3.63) is 36.4 Å². The molecule has 4 rings (SSSR count). The van der Waals surface area contributed by atoms with Crippen molar-refractivity contribution in [2.75, 3.05) is 39.5 Å². The minimum atomic E-state index is -5.08. The molecule has 0 saturated carbocycles. The lowest BCUT2D eigenvalue weighted by molar-refractivity contribution is -0.193. The van der Waals surface area contributed by atoms with Crippen LogP contribution in [0, 0.1) is 11.3 Å². The Morgan fingerprint density at radius 3 is 2.05 bits per heavy atom. The van der Waals surface area contributed by atoms with Crippen LogP contribution < -0.4 is 9.47 Å². The predicted molar refractivity (Wildman–Crippen MR) is 125 cm³/mol. The van der Waals surface area contributed by atoms with Crippen LogP contribution in [0.2, 0.25) is 0 Å². The maximum Gasteiger partial charge on any atom is 0.490 e. The average Bonchev–Trinajstić information content (AvgIpc) is 3.39. The van der Waals surface area contributed by atoms with Gasteiger partial charge >= 0.3 is 30.3 Å². The molecule has 3 aliphatic rings. The molecule has 3 N–H and O–H groups in total. The number of likely N-dealkylation sites (tertiary alicyclic amines) is 2. The van der Waals surface area contributed by atoms with E-state index in [2.05, 4.69) is 22.4 Å². The molecular weight excluding hydrogens is 558 g/mol. The van der Waals surface area contributed by atoms with Crippen molar-refractivity contribution in [1.29, 1.82) is 0 Å². The molecule has 0 unspecified atom stereocenters. The van der Waals surface area contributed by atoms with Crippen LogP contribution in [0.3, 0.4) is 0 Å². The van der Waals surface area contributed by atoms with Gasteiger partial charge in [-0.3, -0.25) is 14.6 Å². The first kappa shape index (κ1) is 32.7. The second kappa shape index (κ2) is 13.2. The molecule has 10 nitrogen and oxygen atoms in total. The Morgan fingerprint density at radius 2 is 1.52 bits per heavy atom. The van der Waals surface area contributed by atoms with E-state index in [0.717, 1.165) is 57.1 Å². The summed E-state index contributed by atoms with van der Waals surface area (Å²) in [6.07, 6.45) is -6.64. The van der Waals surface area contributed by atoms with Crippen molar-refractivity contribution < 1.29 is 65.5 Å². The van der Waals surface area contributed by atoms with Gasteiger partial charge in [-0.2, -0.15) is 26.3 Å². The highest BCUT2D eigenvalue weighted by Gasteiger charge is 2.53. The molecule has 1 aromatic carbocycles. The number of halogens is 6. The molecule has 3 aliphatic heterocycles. The number of nitrogens with zero attached hydrogens (tertiary/aromatic N) is 2. The monoisotopic (exact) mass is 586 g/mol. The second-order valence-electron chi connectivity index (χ2n) is 9.27. The van der Waals surface area contributed by atoms with Crippen LogP contribution >= 0.6 is 0 Å². The predicted octanol–water partition coefficient (Wildman–Crippen LogP) is 3.47. The fourth-order valence-electron chi connectivity index (χ4n) is 4.73. The molecule has 40 heavy (non-hydrogen) atoms. The van der Waals surface area contributed by atoms with E-state index in [0.29, 0.717) is 6.54 Å². The van der Waals surface area contributed by atoms with Crippen molar-refractivity contribution in [3.63, 3.8) is 0 Å². The number of carbonyl (C=O) groups is 3. The van der Waals surface area contributed by atoms with Gasteiger partial charge in [0, 0.05) is 38.6 Å². The Balaban J connectivity index is 0.000000333. The molecule has 0 bridgehead atoms. The van der Waals surface area contributed by atoms with E-state index in [1.165, 1.54) is 5.56 Å². The van der Waals surface area contributed by atoms with Gasteiger partial charge < -0.3 is 24.8 Å². The lowest BCUT2D eigenvalue weighted by Gasteiger charge is -2.29. The highest BCUT2D eigenvalue weighted by atomic mass is 19.4. The second-order valence-corrected chi connectivity index (χ2v) is 9.27. The Hall–Kier alpha value is -3.53.